The fourth-order valence-electron chi connectivity index (χ4n) is 3.23. The molecule has 0 aromatic heterocycles. The van der Waals surface area contributed by atoms with E-state index in [0.717, 1.165) is 0 Å². The van der Waals surface area contributed by atoms with Gasteiger partial charge < -0.3 is 28.4 Å². The molecule has 0 spiro atoms. The van der Waals surface area contributed by atoms with Crippen LogP contribution in [0.1, 0.15) is 11.1 Å². The van der Waals surface area contributed by atoms with Crippen LogP contribution in [0.2, 0.25) is 0 Å². The zero-order chi connectivity index (χ0) is 28.5. The van der Waals surface area contributed by atoms with Gasteiger partial charge in [-0.05, 0) is 41.5 Å². The van der Waals surface area contributed by atoms with Crippen LogP contribution in [0.3, 0.4) is 0 Å². The van der Waals surface area contributed by atoms with Crippen LogP contribution in [0.4, 0.5) is 0 Å². The van der Waals surface area contributed by atoms with Crippen molar-refractivity contribution in [3.8, 4) is 23.0 Å². The SMILES string of the molecule is C=CCOC(=O)C(Cc1ccc(OCC=C)c(OCC=C)c1)OC(=O)/C=C/c1ccc(OC)c(OCC=C)c1. The van der Waals surface area contributed by atoms with Gasteiger partial charge in [-0.2, -0.15) is 0 Å². The molecule has 0 N–H and O–H groups in total. The van der Waals surface area contributed by atoms with Gasteiger partial charge in [0.25, 0.3) is 0 Å². The van der Waals surface area contributed by atoms with Gasteiger partial charge in [-0.3, -0.25) is 0 Å². The summed E-state index contributed by atoms with van der Waals surface area (Å²) in [5, 5.41) is 0. The van der Waals surface area contributed by atoms with Crippen molar-refractivity contribution >= 4 is 18.0 Å². The molecular formula is C31H34O8. The van der Waals surface area contributed by atoms with Gasteiger partial charge in [-0.15, -0.1) is 0 Å². The molecule has 206 valence electrons. The van der Waals surface area contributed by atoms with Gasteiger partial charge in [-0.25, -0.2) is 9.59 Å². The van der Waals surface area contributed by atoms with Gasteiger partial charge in [0.2, 0.25) is 6.10 Å². The van der Waals surface area contributed by atoms with Crippen LogP contribution in [0.15, 0.2) is 93.1 Å². The van der Waals surface area contributed by atoms with Gasteiger partial charge in [0, 0.05) is 12.5 Å². The number of benzene rings is 2. The zero-order valence-electron chi connectivity index (χ0n) is 22.1. The molecule has 2 aromatic rings. The molecule has 0 aliphatic carbocycles. The van der Waals surface area contributed by atoms with Crippen molar-refractivity contribution in [2.24, 2.45) is 0 Å². The van der Waals surface area contributed by atoms with Crippen molar-refractivity contribution < 1.29 is 38.0 Å². The minimum atomic E-state index is -1.21. The quantitative estimate of drug-likeness (QED) is 0.145. The third kappa shape index (κ3) is 10.3. The van der Waals surface area contributed by atoms with Crippen molar-refractivity contribution in [2.75, 3.05) is 33.5 Å². The molecule has 0 saturated heterocycles. The van der Waals surface area contributed by atoms with Gasteiger partial charge >= 0.3 is 11.9 Å². The highest BCUT2D eigenvalue weighted by Crippen LogP contribution is 2.30. The summed E-state index contributed by atoms with van der Waals surface area (Å²) in [6.45, 7) is 15.3. The minimum Gasteiger partial charge on any atom is -0.493 e. The molecule has 8 heteroatoms. The summed E-state index contributed by atoms with van der Waals surface area (Å²) in [5.74, 6) is 0.554. The highest BCUT2D eigenvalue weighted by molar-refractivity contribution is 5.89. The number of methoxy groups -OCH3 is 1. The normalized spacial score (nSPS) is 11.1. The van der Waals surface area contributed by atoms with Crippen molar-refractivity contribution in [3.05, 3.63) is 104 Å². The van der Waals surface area contributed by atoms with Gasteiger partial charge in [-0.1, -0.05) is 62.8 Å². The summed E-state index contributed by atoms with van der Waals surface area (Å²) in [5.41, 5.74) is 1.33. The molecular weight excluding hydrogens is 500 g/mol. The van der Waals surface area contributed by atoms with E-state index >= 15 is 0 Å². The number of carbonyl (C=O) groups is 2. The zero-order valence-corrected chi connectivity index (χ0v) is 22.1. The summed E-state index contributed by atoms with van der Waals surface area (Å²) in [7, 11) is 1.53. The maximum atomic E-state index is 12.7. The first-order valence-electron chi connectivity index (χ1n) is 12.1. The molecule has 8 nitrogen and oxygen atoms in total. The summed E-state index contributed by atoms with van der Waals surface area (Å²) in [6.07, 6.45) is 7.86. The third-order valence-corrected chi connectivity index (χ3v) is 4.96. The van der Waals surface area contributed by atoms with E-state index in [4.69, 9.17) is 28.4 Å². The van der Waals surface area contributed by atoms with E-state index in [1.165, 1.54) is 19.3 Å². The molecule has 2 rings (SSSR count). The van der Waals surface area contributed by atoms with Crippen LogP contribution < -0.4 is 18.9 Å². The smallest absolute Gasteiger partial charge is 0.348 e. The number of rotatable bonds is 18. The topological polar surface area (TPSA) is 89.5 Å². The maximum absolute atomic E-state index is 12.7. The Labute approximate surface area is 229 Å². The molecule has 0 aliphatic heterocycles. The number of ether oxygens (including phenoxy) is 6. The fraction of sp³-hybridized carbons (Fsp3) is 0.226. The lowest BCUT2D eigenvalue weighted by Gasteiger charge is -2.17. The summed E-state index contributed by atoms with van der Waals surface area (Å²) < 4.78 is 32.9. The number of hydrogen-bond acceptors (Lipinski definition) is 8. The average molecular weight is 535 g/mol. The lowest BCUT2D eigenvalue weighted by Crippen LogP contribution is -2.31. The van der Waals surface area contributed by atoms with E-state index in [2.05, 4.69) is 26.3 Å². The highest BCUT2D eigenvalue weighted by atomic mass is 16.6. The first-order valence-corrected chi connectivity index (χ1v) is 12.1. The second kappa shape index (κ2) is 16.9. The first-order chi connectivity index (χ1) is 18.9. The molecule has 0 fully saturated rings. The second-order valence-electron chi connectivity index (χ2n) is 7.87. The molecule has 0 saturated carbocycles. The minimum absolute atomic E-state index is 0.0237. The molecule has 0 heterocycles. The molecule has 1 atom stereocenters. The second-order valence-corrected chi connectivity index (χ2v) is 7.87. The summed E-state index contributed by atoms with van der Waals surface area (Å²) >= 11 is 0. The number of hydrogen-bond donors (Lipinski definition) is 0. The van der Waals surface area contributed by atoms with Crippen LogP contribution in [0.5, 0.6) is 23.0 Å². The van der Waals surface area contributed by atoms with Crippen LogP contribution in [-0.2, 0) is 25.5 Å². The Morgan fingerprint density at radius 1 is 0.769 bits per heavy atom. The van der Waals surface area contributed by atoms with E-state index in [1.807, 2.05) is 0 Å². The van der Waals surface area contributed by atoms with Gasteiger partial charge in [0.15, 0.2) is 23.0 Å². The summed E-state index contributed by atoms with van der Waals surface area (Å²) in [6, 6.07) is 10.3. The Morgan fingerprint density at radius 3 is 1.97 bits per heavy atom. The molecule has 0 bridgehead atoms. The van der Waals surface area contributed by atoms with E-state index in [-0.39, 0.29) is 19.6 Å². The molecule has 0 aliphatic rings. The Hall–Kier alpha value is -4.72. The Bertz CT molecular complexity index is 1180. The van der Waals surface area contributed by atoms with Crippen molar-refractivity contribution in [3.63, 3.8) is 0 Å². The van der Waals surface area contributed by atoms with Gasteiger partial charge in [0.1, 0.15) is 26.4 Å². The Kier molecular flexibility index (Phi) is 13.2. The van der Waals surface area contributed by atoms with Crippen LogP contribution in [0.25, 0.3) is 6.08 Å². The molecule has 39 heavy (non-hydrogen) atoms. The molecule has 2 aromatic carbocycles. The van der Waals surface area contributed by atoms with Gasteiger partial charge in [0.05, 0.1) is 7.11 Å². The van der Waals surface area contributed by atoms with E-state index < -0.39 is 18.0 Å². The monoisotopic (exact) mass is 534 g/mol. The molecule has 0 radical (unpaired) electrons. The predicted molar refractivity (Wildman–Crippen MR) is 150 cm³/mol. The van der Waals surface area contributed by atoms with Crippen molar-refractivity contribution in [1.29, 1.82) is 0 Å². The third-order valence-electron chi connectivity index (χ3n) is 4.96. The van der Waals surface area contributed by atoms with E-state index in [1.54, 1.807) is 60.7 Å². The average Bonchev–Trinajstić information content (AvgIpc) is 2.95. The summed E-state index contributed by atoms with van der Waals surface area (Å²) in [4.78, 5) is 25.4. The lowest BCUT2D eigenvalue weighted by atomic mass is 10.1. The van der Waals surface area contributed by atoms with Crippen LogP contribution >= 0.6 is 0 Å². The van der Waals surface area contributed by atoms with E-state index in [9.17, 15) is 9.59 Å². The Balaban J connectivity index is 2.22. The standard InChI is InChI=1S/C31H34O8/c1-6-16-35-26-14-11-24(21-28(26)37-18-8-3)22-29(31(33)38-19-9-4)39-30(32)15-12-23-10-13-25(34-5)27(20-23)36-17-7-2/h6-15,20-21,29H,1-4,16-19,22H2,5H3/b15-12+. The van der Waals surface area contributed by atoms with Crippen molar-refractivity contribution in [2.45, 2.75) is 12.5 Å². The van der Waals surface area contributed by atoms with Crippen molar-refractivity contribution in [1.82, 2.24) is 0 Å². The number of esters is 2. The highest BCUT2D eigenvalue weighted by Gasteiger charge is 2.25. The van der Waals surface area contributed by atoms with E-state index in [0.29, 0.717) is 47.3 Å². The first kappa shape index (κ1) is 30.5. The molecule has 1 unspecified atom stereocenters. The number of carbonyl (C=O) groups excluding carboxylic acids is 2. The Morgan fingerprint density at radius 2 is 1.36 bits per heavy atom. The lowest BCUT2D eigenvalue weighted by molar-refractivity contribution is -0.164. The largest absolute Gasteiger partial charge is 0.493 e. The maximum Gasteiger partial charge on any atom is 0.348 e. The predicted octanol–water partition coefficient (Wildman–Crippen LogP) is 5.29. The van der Waals surface area contributed by atoms with Crippen LogP contribution in [-0.4, -0.2) is 51.6 Å². The fourth-order valence-corrected chi connectivity index (χ4v) is 3.23. The molecule has 0 amide bonds. The van der Waals surface area contributed by atoms with Crippen LogP contribution in [0, 0.1) is 0 Å².